The highest BCUT2D eigenvalue weighted by atomic mass is 16.5. The molecule has 1 aromatic rings. The Morgan fingerprint density at radius 3 is 2.71 bits per heavy atom. The van der Waals surface area contributed by atoms with Gasteiger partial charge in [-0.05, 0) is 51.1 Å². The fraction of sp³-hybridized carbons (Fsp3) is 0.500. The Kier molecular flexibility index (Phi) is 4.47. The molecule has 0 heterocycles. The second-order valence-corrected chi connectivity index (χ2v) is 3.39. The van der Waals surface area contributed by atoms with E-state index in [4.69, 9.17) is 4.74 Å². The zero-order valence-electron chi connectivity index (χ0n) is 9.26. The highest BCUT2D eigenvalue weighted by molar-refractivity contribution is 5.36. The summed E-state index contributed by atoms with van der Waals surface area (Å²) in [6.07, 6.45) is 1.07. The summed E-state index contributed by atoms with van der Waals surface area (Å²) in [5, 5.41) is 3.14. The van der Waals surface area contributed by atoms with E-state index in [9.17, 15) is 0 Å². The third-order valence-corrected chi connectivity index (χ3v) is 2.20. The third-order valence-electron chi connectivity index (χ3n) is 2.20. The molecule has 1 aromatic carbocycles. The van der Waals surface area contributed by atoms with Gasteiger partial charge < -0.3 is 10.1 Å². The van der Waals surface area contributed by atoms with Gasteiger partial charge in [-0.3, -0.25) is 0 Å². The zero-order chi connectivity index (χ0) is 10.4. The van der Waals surface area contributed by atoms with Crippen LogP contribution in [0.4, 0.5) is 0 Å². The van der Waals surface area contributed by atoms with Crippen LogP contribution in [-0.4, -0.2) is 20.2 Å². The molecule has 0 spiro atoms. The Labute approximate surface area is 86.3 Å². The monoisotopic (exact) mass is 193 g/mol. The molecule has 2 heteroatoms. The van der Waals surface area contributed by atoms with Gasteiger partial charge in [0.2, 0.25) is 0 Å². The lowest BCUT2D eigenvalue weighted by atomic mass is 10.1. The van der Waals surface area contributed by atoms with Gasteiger partial charge in [-0.1, -0.05) is 12.1 Å². The van der Waals surface area contributed by atoms with Crippen molar-refractivity contribution in [3.05, 3.63) is 29.3 Å². The van der Waals surface area contributed by atoms with Crippen molar-refractivity contribution in [3.8, 4) is 5.75 Å². The standard InChI is InChI=1S/C12H19NO/c1-4-14-12-6-5-11(7-8-13-3)9-10(12)2/h5-6,9,13H,4,7-8H2,1-3H3. The van der Waals surface area contributed by atoms with Gasteiger partial charge in [-0.2, -0.15) is 0 Å². The Hall–Kier alpha value is -1.02. The minimum Gasteiger partial charge on any atom is -0.494 e. The Morgan fingerprint density at radius 2 is 2.14 bits per heavy atom. The Balaban J connectivity index is 2.68. The van der Waals surface area contributed by atoms with E-state index >= 15 is 0 Å². The van der Waals surface area contributed by atoms with Crippen molar-refractivity contribution >= 4 is 0 Å². The van der Waals surface area contributed by atoms with E-state index in [1.807, 2.05) is 14.0 Å². The molecule has 0 aliphatic carbocycles. The van der Waals surface area contributed by atoms with Crippen LogP contribution in [0.15, 0.2) is 18.2 Å². The fourth-order valence-corrected chi connectivity index (χ4v) is 1.45. The molecule has 1 N–H and O–H groups in total. The Morgan fingerprint density at radius 1 is 1.36 bits per heavy atom. The summed E-state index contributed by atoms with van der Waals surface area (Å²) in [4.78, 5) is 0. The van der Waals surface area contributed by atoms with Crippen molar-refractivity contribution in [2.24, 2.45) is 0 Å². The lowest BCUT2D eigenvalue weighted by molar-refractivity contribution is 0.338. The number of benzene rings is 1. The van der Waals surface area contributed by atoms with E-state index < -0.39 is 0 Å². The molecule has 0 saturated carbocycles. The van der Waals surface area contributed by atoms with Gasteiger partial charge in [-0.25, -0.2) is 0 Å². The van der Waals surface area contributed by atoms with E-state index in [0.29, 0.717) is 0 Å². The van der Waals surface area contributed by atoms with Crippen molar-refractivity contribution in [1.29, 1.82) is 0 Å². The molecule has 0 radical (unpaired) electrons. The van der Waals surface area contributed by atoms with Gasteiger partial charge in [0.1, 0.15) is 5.75 Å². The molecular weight excluding hydrogens is 174 g/mol. The van der Waals surface area contributed by atoms with E-state index in [-0.39, 0.29) is 0 Å². The zero-order valence-corrected chi connectivity index (χ0v) is 9.26. The first-order valence-electron chi connectivity index (χ1n) is 5.15. The molecule has 1 rings (SSSR count). The highest BCUT2D eigenvalue weighted by Gasteiger charge is 1.99. The molecule has 0 fully saturated rings. The molecule has 0 atom stereocenters. The predicted octanol–water partition coefficient (Wildman–Crippen LogP) is 2.16. The van der Waals surface area contributed by atoms with Crippen LogP contribution in [0.5, 0.6) is 5.75 Å². The number of rotatable bonds is 5. The summed E-state index contributed by atoms with van der Waals surface area (Å²) in [6, 6.07) is 6.39. The first-order chi connectivity index (χ1) is 6.77. The molecular formula is C12H19NO. The normalized spacial score (nSPS) is 10.2. The highest BCUT2D eigenvalue weighted by Crippen LogP contribution is 2.19. The van der Waals surface area contributed by atoms with Crippen LogP contribution in [0.2, 0.25) is 0 Å². The lowest BCUT2D eigenvalue weighted by Gasteiger charge is -2.08. The number of ether oxygens (including phenoxy) is 1. The number of hydrogen-bond acceptors (Lipinski definition) is 2. The summed E-state index contributed by atoms with van der Waals surface area (Å²) >= 11 is 0. The number of hydrogen-bond donors (Lipinski definition) is 1. The van der Waals surface area contributed by atoms with E-state index in [1.54, 1.807) is 0 Å². The van der Waals surface area contributed by atoms with Crippen molar-refractivity contribution in [3.63, 3.8) is 0 Å². The Bertz CT molecular complexity index is 284. The molecule has 2 nitrogen and oxygen atoms in total. The van der Waals surface area contributed by atoms with Crippen LogP contribution < -0.4 is 10.1 Å². The smallest absolute Gasteiger partial charge is 0.122 e. The minimum atomic E-state index is 0.733. The van der Waals surface area contributed by atoms with E-state index in [2.05, 4.69) is 30.4 Å². The number of likely N-dealkylation sites (N-methyl/N-ethyl adjacent to an activating group) is 1. The molecule has 78 valence electrons. The van der Waals surface area contributed by atoms with Crippen molar-refractivity contribution in [1.82, 2.24) is 5.32 Å². The fourth-order valence-electron chi connectivity index (χ4n) is 1.45. The summed E-state index contributed by atoms with van der Waals surface area (Å²) in [5.74, 6) is 1.00. The van der Waals surface area contributed by atoms with Crippen LogP contribution in [0, 0.1) is 6.92 Å². The first kappa shape index (κ1) is 11.1. The molecule has 14 heavy (non-hydrogen) atoms. The maximum Gasteiger partial charge on any atom is 0.122 e. The van der Waals surface area contributed by atoms with Gasteiger partial charge in [-0.15, -0.1) is 0 Å². The summed E-state index contributed by atoms with van der Waals surface area (Å²) in [7, 11) is 1.97. The molecule has 0 bridgehead atoms. The van der Waals surface area contributed by atoms with Crippen LogP contribution in [-0.2, 0) is 6.42 Å². The van der Waals surface area contributed by atoms with Gasteiger partial charge >= 0.3 is 0 Å². The van der Waals surface area contributed by atoms with Crippen LogP contribution in [0.3, 0.4) is 0 Å². The maximum absolute atomic E-state index is 5.48. The van der Waals surface area contributed by atoms with Crippen molar-refractivity contribution in [2.75, 3.05) is 20.2 Å². The van der Waals surface area contributed by atoms with Crippen LogP contribution in [0.1, 0.15) is 18.1 Å². The summed E-state index contributed by atoms with van der Waals surface area (Å²) in [5.41, 5.74) is 2.58. The quantitative estimate of drug-likeness (QED) is 0.773. The average molecular weight is 193 g/mol. The number of nitrogens with one attached hydrogen (secondary N) is 1. The van der Waals surface area contributed by atoms with Gasteiger partial charge in [0.15, 0.2) is 0 Å². The lowest BCUT2D eigenvalue weighted by Crippen LogP contribution is -2.10. The maximum atomic E-state index is 5.48. The second kappa shape index (κ2) is 5.66. The van der Waals surface area contributed by atoms with Crippen molar-refractivity contribution < 1.29 is 4.74 Å². The summed E-state index contributed by atoms with van der Waals surface area (Å²) in [6.45, 7) is 5.85. The topological polar surface area (TPSA) is 21.3 Å². The molecule has 0 aromatic heterocycles. The number of aryl methyl sites for hydroxylation is 1. The molecule has 0 saturated heterocycles. The predicted molar refractivity (Wildman–Crippen MR) is 60.0 cm³/mol. The molecule has 0 amide bonds. The van der Waals surface area contributed by atoms with E-state index in [0.717, 1.165) is 25.3 Å². The first-order valence-corrected chi connectivity index (χ1v) is 5.15. The minimum absolute atomic E-state index is 0.733. The molecule has 0 aliphatic rings. The van der Waals surface area contributed by atoms with Crippen molar-refractivity contribution in [2.45, 2.75) is 20.3 Å². The van der Waals surface area contributed by atoms with Gasteiger partial charge in [0.25, 0.3) is 0 Å². The van der Waals surface area contributed by atoms with Crippen LogP contribution >= 0.6 is 0 Å². The summed E-state index contributed by atoms with van der Waals surface area (Å²) < 4.78 is 5.48. The van der Waals surface area contributed by atoms with Crippen LogP contribution in [0.25, 0.3) is 0 Å². The average Bonchev–Trinajstić information content (AvgIpc) is 2.19. The van der Waals surface area contributed by atoms with Gasteiger partial charge in [0, 0.05) is 0 Å². The second-order valence-electron chi connectivity index (χ2n) is 3.39. The largest absolute Gasteiger partial charge is 0.494 e. The SMILES string of the molecule is CCOc1ccc(CCNC)cc1C. The molecule has 0 aliphatic heterocycles. The third kappa shape index (κ3) is 3.04. The van der Waals surface area contributed by atoms with Gasteiger partial charge in [0.05, 0.1) is 6.61 Å². The van der Waals surface area contributed by atoms with E-state index in [1.165, 1.54) is 11.1 Å². The molecule has 0 unspecified atom stereocenters.